The van der Waals surface area contributed by atoms with Crippen molar-refractivity contribution >= 4 is 28.9 Å². The molecule has 1 fully saturated rings. The van der Waals surface area contributed by atoms with Crippen molar-refractivity contribution in [2.24, 2.45) is 5.92 Å². The van der Waals surface area contributed by atoms with Gasteiger partial charge >= 0.3 is 5.97 Å². The number of rotatable bonds is 3. The maximum absolute atomic E-state index is 11.3. The van der Waals surface area contributed by atoms with Crippen LogP contribution in [0.3, 0.4) is 0 Å². The third-order valence-corrected chi connectivity index (χ3v) is 3.61. The maximum atomic E-state index is 11.3. The van der Waals surface area contributed by atoms with E-state index < -0.39 is 5.97 Å². The van der Waals surface area contributed by atoms with Gasteiger partial charge in [0.25, 0.3) is 0 Å². The van der Waals surface area contributed by atoms with E-state index in [1.165, 1.54) is 6.07 Å². The monoisotopic (exact) mass is 284 g/mol. The lowest BCUT2D eigenvalue weighted by molar-refractivity contribution is 0.0537. The molecule has 5 nitrogen and oxygen atoms in total. The predicted octanol–water partition coefficient (Wildman–Crippen LogP) is 2.46. The van der Waals surface area contributed by atoms with Gasteiger partial charge in [0.15, 0.2) is 0 Å². The molecule has 2 unspecified atom stereocenters. The second kappa shape index (κ2) is 5.67. The summed E-state index contributed by atoms with van der Waals surface area (Å²) >= 11 is 6.11. The third kappa shape index (κ3) is 3.11. The van der Waals surface area contributed by atoms with E-state index >= 15 is 0 Å². The van der Waals surface area contributed by atoms with Crippen molar-refractivity contribution in [3.8, 4) is 0 Å². The van der Waals surface area contributed by atoms with Gasteiger partial charge < -0.3 is 20.9 Å². The first-order valence-electron chi connectivity index (χ1n) is 6.15. The quantitative estimate of drug-likeness (QED) is 0.743. The molecule has 1 aromatic rings. The van der Waals surface area contributed by atoms with Crippen molar-refractivity contribution in [1.29, 1.82) is 0 Å². The second-order valence-corrected chi connectivity index (χ2v) is 5.23. The Hall–Kier alpha value is -1.46. The summed E-state index contributed by atoms with van der Waals surface area (Å²) in [7, 11) is 0. The van der Waals surface area contributed by atoms with E-state index in [9.17, 15) is 9.90 Å². The number of ether oxygens (including phenoxy) is 1. The standard InChI is InChI=1S/C13H17ClN2O3/c1-7-6-19-3-2-11(7)16-12-9(13(17)18)4-8(15)5-10(12)14/h4-5,7,11,16H,2-3,6,15H2,1H3,(H,17,18). The van der Waals surface area contributed by atoms with Gasteiger partial charge in [-0.15, -0.1) is 0 Å². The normalized spacial score (nSPS) is 23.1. The van der Waals surface area contributed by atoms with E-state index in [1.807, 2.05) is 0 Å². The Kier molecular flexibility index (Phi) is 4.17. The molecule has 0 bridgehead atoms. The minimum Gasteiger partial charge on any atom is -0.478 e. The molecular weight excluding hydrogens is 268 g/mol. The van der Waals surface area contributed by atoms with E-state index in [2.05, 4.69) is 12.2 Å². The number of anilines is 2. The van der Waals surface area contributed by atoms with E-state index in [0.29, 0.717) is 35.5 Å². The smallest absolute Gasteiger partial charge is 0.337 e. The van der Waals surface area contributed by atoms with E-state index in [1.54, 1.807) is 6.07 Å². The van der Waals surface area contributed by atoms with Gasteiger partial charge in [-0.3, -0.25) is 0 Å². The summed E-state index contributed by atoms with van der Waals surface area (Å²) in [5.74, 6) is -0.750. The zero-order valence-corrected chi connectivity index (χ0v) is 11.4. The number of nitrogens with one attached hydrogen (secondary N) is 1. The SMILES string of the molecule is CC1COCCC1Nc1c(Cl)cc(N)cc1C(=O)O. The summed E-state index contributed by atoms with van der Waals surface area (Å²) in [4.78, 5) is 11.3. The van der Waals surface area contributed by atoms with Crippen LogP contribution in [0.15, 0.2) is 12.1 Å². The molecule has 104 valence electrons. The maximum Gasteiger partial charge on any atom is 0.337 e. The van der Waals surface area contributed by atoms with Crippen LogP contribution < -0.4 is 11.1 Å². The van der Waals surface area contributed by atoms with Gasteiger partial charge in [-0.25, -0.2) is 4.79 Å². The van der Waals surface area contributed by atoms with Gasteiger partial charge in [-0.1, -0.05) is 18.5 Å². The zero-order valence-electron chi connectivity index (χ0n) is 10.6. The molecular formula is C13H17ClN2O3. The summed E-state index contributed by atoms with van der Waals surface area (Å²) in [6, 6.07) is 3.12. The van der Waals surface area contributed by atoms with Crippen LogP contribution in [0.5, 0.6) is 0 Å². The number of nitrogens with two attached hydrogens (primary N) is 1. The highest BCUT2D eigenvalue weighted by atomic mass is 35.5. The number of carbonyl (C=O) groups is 1. The molecule has 2 rings (SSSR count). The van der Waals surface area contributed by atoms with Crippen molar-refractivity contribution in [3.05, 3.63) is 22.7 Å². The van der Waals surface area contributed by atoms with Crippen LogP contribution in [-0.2, 0) is 4.74 Å². The number of carboxylic acid groups (broad SMARTS) is 1. The van der Waals surface area contributed by atoms with Crippen molar-refractivity contribution in [1.82, 2.24) is 0 Å². The van der Waals surface area contributed by atoms with Crippen molar-refractivity contribution in [2.45, 2.75) is 19.4 Å². The lowest BCUT2D eigenvalue weighted by atomic mass is 9.97. The summed E-state index contributed by atoms with van der Waals surface area (Å²) in [6.07, 6.45) is 0.820. The van der Waals surface area contributed by atoms with Gasteiger partial charge in [-0.2, -0.15) is 0 Å². The van der Waals surface area contributed by atoms with Crippen molar-refractivity contribution in [3.63, 3.8) is 0 Å². The van der Waals surface area contributed by atoms with Crippen LogP contribution in [0.25, 0.3) is 0 Å². The highest BCUT2D eigenvalue weighted by molar-refractivity contribution is 6.34. The Morgan fingerprint density at radius 1 is 1.58 bits per heavy atom. The van der Waals surface area contributed by atoms with Crippen LogP contribution in [0.2, 0.25) is 5.02 Å². The molecule has 0 aromatic heterocycles. The molecule has 1 heterocycles. The largest absolute Gasteiger partial charge is 0.478 e. The first-order chi connectivity index (χ1) is 8.99. The molecule has 0 aliphatic carbocycles. The second-order valence-electron chi connectivity index (χ2n) is 4.82. The van der Waals surface area contributed by atoms with Gasteiger partial charge in [0, 0.05) is 18.3 Å². The average Bonchev–Trinajstić information content (AvgIpc) is 2.34. The number of benzene rings is 1. The Morgan fingerprint density at radius 2 is 2.32 bits per heavy atom. The average molecular weight is 285 g/mol. The molecule has 6 heteroatoms. The fourth-order valence-corrected chi connectivity index (χ4v) is 2.51. The van der Waals surface area contributed by atoms with E-state index in [0.717, 1.165) is 6.42 Å². The molecule has 0 radical (unpaired) electrons. The molecule has 1 saturated heterocycles. The Balaban J connectivity index is 2.30. The number of aromatic carboxylic acids is 1. The van der Waals surface area contributed by atoms with Crippen LogP contribution in [0.1, 0.15) is 23.7 Å². The first-order valence-corrected chi connectivity index (χ1v) is 6.53. The molecule has 2 atom stereocenters. The number of carboxylic acids is 1. The molecule has 0 amide bonds. The lowest BCUT2D eigenvalue weighted by Crippen LogP contribution is -2.36. The van der Waals surface area contributed by atoms with Gasteiger partial charge in [0.2, 0.25) is 0 Å². The minimum absolute atomic E-state index is 0.101. The van der Waals surface area contributed by atoms with Gasteiger partial charge in [0.05, 0.1) is 22.9 Å². The highest BCUT2D eigenvalue weighted by Crippen LogP contribution is 2.31. The van der Waals surface area contributed by atoms with Crippen LogP contribution in [0.4, 0.5) is 11.4 Å². The Labute approximate surface area is 116 Å². The number of nitrogen functional groups attached to an aromatic ring is 1. The Morgan fingerprint density at radius 3 is 2.95 bits per heavy atom. The lowest BCUT2D eigenvalue weighted by Gasteiger charge is -2.31. The van der Waals surface area contributed by atoms with E-state index in [4.69, 9.17) is 22.1 Å². The molecule has 19 heavy (non-hydrogen) atoms. The third-order valence-electron chi connectivity index (χ3n) is 3.31. The van der Waals surface area contributed by atoms with Crippen LogP contribution in [-0.4, -0.2) is 30.3 Å². The van der Waals surface area contributed by atoms with Crippen LogP contribution in [0, 0.1) is 5.92 Å². The number of halogens is 1. The summed E-state index contributed by atoms with van der Waals surface area (Å²) in [6.45, 7) is 3.38. The fourth-order valence-electron chi connectivity index (χ4n) is 2.22. The van der Waals surface area contributed by atoms with Gasteiger partial charge in [-0.05, 0) is 24.5 Å². The molecule has 0 saturated carbocycles. The molecule has 0 spiro atoms. The molecule has 4 N–H and O–H groups in total. The van der Waals surface area contributed by atoms with Crippen molar-refractivity contribution in [2.75, 3.05) is 24.3 Å². The van der Waals surface area contributed by atoms with E-state index in [-0.39, 0.29) is 11.6 Å². The highest BCUT2D eigenvalue weighted by Gasteiger charge is 2.24. The summed E-state index contributed by atoms with van der Waals surface area (Å²) in [5, 5.41) is 12.8. The molecule has 1 aliphatic rings. The zero-order chi connectivity index (χ0) is 14.0. The van der Waals surface area contributed by atoms with Crippen molar-refractivity contribution < 1.29 is 14.6 Å². The van der Waals surface area contributed by atoms with Crippen LogP contribution >= 0.6 is 11.6 Å². The fraction of sp³-hybridized carbons (Fsp3) is 0.462. The molecule has 1 aliphatic heterocycles. The van der Waals surface area contributed by atoms with Gasteiger partial charge in [0.1, 0.15) is 0 Å². The minimum atomic E-state index is -1.04. The number of hydrogen-bond acceptors (Lipinski definition) is 4. The molecule has 1 aromatic carbocycles. The topological polar surface area (TPSA) is 84.6 Å². The predicted molar refractivity (Wildman–Crippen MR) is 74.8 cm³/mol. The Bertz CT molecular complexity index is 493. The summed E-state index contributed by atoms with van der Waals surface area (Å²) < 4.78 is 5.37. The number of hydrogen-bond donors (Lipinski definition) is 3. The first kappa shape index (κ1) is 14.0. The summed E-state index contributed by atoms with van der Waals surface area (Å²) in [5.41, 5.74) is 6.50.